The van der Waals surface area contributed by atoms with Crippen LogP contribution in [0, 0.1) is 5.82 Å². The Morgan fingerprint density at radius 1 is 1.24 bits per heavy atom. The summed E-state index contributed by atoms with van der Waals surface area (Å²) in [6.07, 6.45) is 1.30. The van der Waals surface area contributed by atoms with Gasteiger partial charge < -0.3 is 14.8 Å². The smallest absolute Gasteiger partial charge is 0.287 e. The van der Waals surface area contributed by atoms with E-state index in [1.54, 1.807) is 6.07 Å². The van der Waals surface area contributed by atoms with Gasteiger partial charge in [0.1, 0.15) is 5.82 Å². The zero-order valence-corrected chi connectivity index (χ0v) is 10.7. The van der Waals surface area contributed by atoms with Gasteiger partial charge in [0, 0.05) is 5.56 Å². The van der Waals surface area contributed by atoms with Gasteiger partial charge in [-0.2, -0.15) is 0 Å². The monoisotopic (exact) mass is 287 g/mol. The summed E-state index contributed by atoms with van der Waals surface area (Å²) in [7, 11) is 0. The van der Waals surface area contributed by atoms with Crippen LogP contribution in [0.15, 0.2) is 58.4 Å². The number of aliphatic hydroxyl groups is 1. The Balaban J connectivity index is 2.08. The Bertz CT molecular complexity index is 749. The molecule has 1 aliphatic heterocycles. The lowest BCUT2D eigenvalue weighted by molar-refractivity contribution is -0.119. The number of amides is 1. The van der Waals surface area contributed by atoms with Gasteiger partial charge in [-0.1, -0.05) is 18.2 Å². The van der Waals surface area contributed by atoms with Crippen LogP contribution < -0.4 is 5.32 Å². The Hall–Kier alpha value is -2.89. The van der Waals surface area contributed by atoms with Crippen LogP contribution >= 0.6 is 0 Å². The molecule has 2 aromatic rings. The zero-order valence-electron chi connectivity index (χ0n) is 10.7. The standard InChI is InChI=1S/C15H10FNO4/c16-9-5-2-1-4-8(9)12-11(14(19)15(20)17-12)13(18)10-6-3-7-21-10/h1-7,12,19H,(H,17,20)/t12-/m0/s1. The Kier molecular flexibility index (Phi) is 3.06. The molecule has 1 aromatic heterocycles. The molecule has 0 saturated heterocycles. The third-order valence-electron chi connectivity index (χ3n) is 3.24. The maximum absolute atomic E-state index is 13.9. The third-order valence-corrected chi connectivity index (χ3v) is 3.24. The summed E-state index contributed by atoms with van der Waals surface area (Å²) < 4.78 is 18.9. The predicted molar refractivity (Wildman–Crippen MR) is 70.0 cm³/mol. The fourth-order valence-electron chi connectivity index (χ4n) is 2.25. The molecule has 0 fully saturated rings. The van der Waals surface area contributed by atoms with Crippen molar-refractivity contribution in [2.24, 2.45) is 0 Å². The SMILES string of the molecule is O=C1N[C@@H](c2ccccc2F)C(C(=O)c2ccco2)=C1O. The number of hydrogen-bond donors (Lipinski definition) is 2. The van der Waals surface area contributed by atoms with E-state index in [1.807, 2.05) is 0 Å². The summed E-state index contributed by atoms with van der Waals surface area (Å²) in [4.78, 5) is 24.0. The molecule has 106 valence electrons. The van der Waals surface area contributed by atoms with Crippen LogP contribution in [0.3, 0.4) is 0 Å². The molecule has 0 unspecified atom stereocenters. The first-order valence-corrected chi connectivity index (χ1v) is 6.16. The summed E-state index contributed by atoms with van der Waals surface area (Å²) in [5, 5.41) is 12.2. The van der Waals surface area contributed by atoms with E-state index < -0.39 is 29.3 Å². The first kappa shape index (κ1) is 13.1. The van der Waals surface area contributed by atoms with Crippen molar-refractivity contribution in [3.63, 3.8) is 0 Å². The topological polar surface area (TPSA) is 79.5 Å². The minimum atomic E-state index is -1.05. The molecule has 1 amide bonds. The molecule has 2 N–H and O–H groups in total. The lowest BCUT2D eigenvalue weighted by Gasteiger charge is -2.14. The molecule has 2 heterocycles. The summed E-state index contributed by atoms with van der Waals surface area (Å²) in [5.41, 5.74) is -0.121. The van der Waals surface area contributed by atoms with Crippen LogP contribution in [0.4, 0.5) is 4.39 Å². The molecule has 1 aliphatic rings. The first-order valence-electron chi connectivity index (χ1n) is 6.16. The average Bonchev–Trinajstić information content (AvgIpc) is 3.09. The normalized spacial score (nSPS) is 18.0. The number of carbonyl (C=O) groups excluding carboxylic acids is 2. The Morgan fingerprint density at radius 2 is 2.00 bits per heavy atom. The van der Waals surface area contributed by atoms with Crippen molar-refractivity contribution in [1.29, 1.82) is 0 Å². The van der Waals surface area contributed by atoms with Crippen LogP contribution in [0.1, 0.15) is 22.2 Å². The van der Waals surface area contributed by atoms with E-state index in [1.165, 1.54) is 36.6 Å². The molecule has 1 atom stereocenters. The molecule has 0 bridgehead atoms. The van der Waals surface area contributed by atoms with Crippen molar-refractivity contribution in [3.8, 4) is 0 Å². The second kappa shape index (κ2) is 4.90. The highest BCUT2D eigenvalue weighted by atomic mass is 19.1. The second-order valence-electron chi connectivity index (χ2n) is 4.50. The number of Topliss-reactive ketones (excluding diaryl/α,β-unsaturated/α-hetero) is 1. The minimum absolute atomic E-state index is 0.0330. The lowest BCUT2D eigenvalue weighted by atomic mass is 9.95. The molecule has 0 aliphatic carbocycles. The van der Waals surface area contributed by atoms with E-state index >= 15 is 0 Å². The number of benzene rings is 1. The number of aliphatic hydroxyl groups excluding tert-OH is 1. The maximum atomic E-state index is 13.9. The fraction of sp³-hybridized carbons (Fsp3) is 0.0667. The number of nitrogens with one attached hydrogen (secondary N) is 1. The van der Waals surface area contributed by atoms with E-state index in [0.29, 0.717) is 0 Å². The maximum Gasteiger partial charge on any atom is 0.287 e. The van der Waals surface area contributed by atoms with Gasteiger partial charge >= 0.3 is 0 Å². The van der Waals surface area contributed by atoms with Gasteiger partial charge in [-0.05, 0) is 18.2 Å². The molecule has 0 saturated carbocycles. The van der Waals surface area contributed by atoms with Crippen molar-refractivity contribution in [2.75, 3.05) is 0 Å². The van der Waals surface area contributed by atoms with E-state index in [0.717, 1.165) is 0 Å². The van der Waals surface area contributed by atoms with Crippen molar-refractivity contribution in [3.05, 3.63) is 71.1 Å². The van der Waals surface area contributed by atoms with Gasteiger partial charge in [0.25, 0.3) is 5.91 Å². The number of ketones is 1. The average molecular weight is 287 g/mol. The highest BCUT2D eigenvalue weighted by Crippen LogP contribution is 2.33. The summed E-state index contributed by atoms with van der Waals surface area (Å²) >= 11 is 0. The number of rotatable bonds is 3. The largest absolute Gasteiger partial charge is 0.503 e. The van der Waals surface area contributed by atoms with Crippen LogP contribution in [-0.2, 0) is 4.79 Å². The molecule has 0 spiro atoms. The van der Waals surface area contributed by atoms with Crippen molar-refractivity contribution < 1.29 is 23.5 Å². The van der Waals surface area contributed by atoms with Crippen LogP contribution in [-0.4, -0.2) is 16.8 Å². The van der Waals surface area contributed by atoms with E-state index in [9.17, 15) is 19.1 Å². The van der Waals surface area contributed by atoms with Gasteiger partial charge in [0.2, 0.25) is 5.78 Å². The van der Waals surface area contributed by atoms with Crippen LogP contribution in [0.5, 0.6) is 0 Å². The zero-order chi connectivity index (χ0) is 15.0. The van der Waals surface area contributed by atoms with Gasteiger partial charge in [0.05, 0.1) is 17.9 Å². The van der Waals surface area contributed by atoms with E-state index in [4.69, 9.17) is 4.42 Å². The van der Waals surface area contributed by atoms with Gasteiger partial charge in [-0.25, -0.2) is 4.39 Å². The van der Waals surface area contributed by atoms with Gasteiger partial charge in [-0.3, -0.25) is 9.59 Å². The molecule has 0 radical (unpaired) electrons. The van der Waals surface area contributed by atoms with Crippen LogP contribution in [0.2, 0.25) is 0 Å². The predicted octanol–water partition coefficient (Wildman–Crippen LogP) is 2.28. The highest BCUT2D eigenvalue weighted by Gasteiger charge is 2.39. The minimum Gasteiger partial charge on any atom is -0.503 e. The number of halogens is 1. The van der Waals surface area contributed by atoms with Gasteiger partial charge in [0.15, 0.2) is 11.5 Å². The number of furan rings is 1. The molecular weight excluding hydrogens is 277 g/mol. The number of hydrogen-bond acceptors (Lipinski definition) is 4. The second-order valence-corrected chi connectivity index (χ2v) is 4.50. The van der Waals surface area contributed by atoms with Crippen molar-refractivity contribution in [2.45, 2.75) is 6.04 Å². The molecule has 1 aromatic carbocycles. The fourth-order valence-corrected chi connectivity index (χ4v) is 2.25. The van der Waals surface area contributed by atoms with Crippen molar-refractivity contribution >= 4 is 11.7 Å². The summed E-state index contributed by atoms with van der Waals surface area (Å²) in [6.45, 7) is 0. The molecule has 5 nitrogen and oxygen atoms in total. The lowest BCUT2D eigenvalue weighted by Crippen LogP contribution is -2.24. The number of carbonyl (C=O) groups is 2. The van der Waals surface area contributed by atoms with E-state index in [2.05, 4.69) is 5.32 Å². The highest BCUT2D eigenvalue weighted by molar-refractivity contribution is 6.14. The Labute approximate surface area is 118 Å². The molecule has 3 rings (SSSR count). The summed E-state index contributed by atoms with van der Waals surface area (Å²) in [6, 6.07) is 7.59. The van der Waals surface area contributed by atoms with Crippen LogP contribution in [0.25, 0.3) is 0 Å². The molecular formula is C15H10FNO4. The molecule has 6 heteroatoms. The summed E-state index contributed by atoms with van der Waals surface area (Å²) in [5.74, 6) is -2.82. The quantitative estimate of drug-likeness (QED) is 0.849. The first-order chi connectivity index (χ1) is 10.1. The third kappa shape index (κ3) is 2.10. The van der Waals surface area contributed by atoms with E-state index in [-0.39, 0.29) is 16.9 Å². The Morgan fingerprint density at radius 3 is 2.67 bits per heavy atom. The van der Waals surface area contributed by atoms with Gasteiger partial charge in [-0.15, -0.1) is 0 Å². The van der Waals surface area contributed by atoms with Crippen molar-refractivity contribution in [1.82, 2.24) is 5.32 Å². The molecule has 21 heavy (non-hydrogen) atoms.